The summed E-state index contributed by atoms with van der Waals surface area (Å²) in [5, 5.41) is 26.7. The molecule has 2 N–H and O–H groups in total. The molecule has 2 aliphatic carbocycles. The van der Waals surface area contributed by atoms with Crippen LogP contribution in [0.2, 0.25) is 0 Å². The lowest BCUT2D eigenvalue weighted by molar-refractivity contribution is 0.425. The van der Waals surface area contributed by atoms with Crippen LogP contribution in [0.1, 0.15) is 46.1 Å². The molecule has 0 spiro atoms. The quantitative estimate of drug-likeness (QED) is 0.106. The summed E-state index contributed by atoms with van der Waals surface area (Å²) < 4.78 is 2.25. The molecule has 8 aromatic rings. The summed E-state index contributed by atoms with van der Waals surface area (Å²) >= 11 is 7.54. The monoisotopic (exact) mass is 735 g/mol. The molecule has 47 heavy (non-hydrogen) atoms. The number of benzene rings is 7. The van der Waals surface area contributed by atoms with Crippen LogP contribution >= 0.6 is 31.9 Å². The minimum Gasteiger partial charge on any atom is -0.423 e. The van der Waals surface area contributed by atoms with Crippen LogP contribution in [0.3, 0.4) is 0 Å². The van der Waals surface area contributed by atoms with Crippen molar-refractivity contribution in [1.29, 1.82) is 0 Å². The molecular weight excluding hydrogens is 709 g/mol. The van der Waals surface area contributed by atoms with Gasteiger partial charge >= 0.3 is 7.12 Å². The molecule has 0 radical (unpaired) electrons. The molecule has 6 heteroatoms. The number of aromatic nitrogens is 1. The van der Waals surface area contributed by atoms with E-state index in [0.717, 1.165) is 32.1 Å². The third-order valence-corrected chi connectivity index (χ3v) is 12.1. The summed E-state index contributed by atoms with van der Waals surface area (Å²) in [5.41, 5.74) is 10.8. The Bertz CT molecular complexity index is 2520. The summed E-state index contributed by atoms with van der Waals surface area (Å²) in [6.07, 6.45) is 1.12. The molecule has 0 aliphatic heterocycles. The average molecular weight is 737 g/mol. The van der Waals surface area contributed by atoms with Crippen LogP contribution in [-0.2, 0) is 0 Å². The number of aryl methyl sites for hydroxylation is 1. The van der Waals surface area contributed by atoms with Crippen molar-refractivity contribution in [2.45, 2.75) is 25.2 Å². The van der Waals surface area contributed by atoms with E-state index < -0.39 is 7.12 Å². The van der Waals surface area contributed by atoms with Gasteiger partial charge in [-0.1, -0.05) is 103 Å². The van der Waals surface area contributed by atoms with E-state index in [0.29, 0.717) is 17.3 Å². The second-order valence-electron chi connectivity index (χ2n) is 12.7. The molecule has 0 amide bonds. The van der Waals surface area contributed by atoms with Gasteiger partial charge < -0.3 is 10.0 Å². The minimum absolute atomic E-state index is 0.373. The van der Waals surface area contributed by atoms with E-state index in [1.54, 1.807) is 12.1 Å². The molecule has 7 aromatic carbocycles. The Morgan fingerprint density at radius 3 is 1.96 bits per heavy atom. The lowest BCUT2D eigenvalue weighted by atomic mass is 9.77. The lowest BCUT2D eigenvalue weighted by Gasteiger charge is -2.25. The van der Waals surface area contributed by atoms with Gasteiger partial charge in [0, 0.05) is 37.1 Å². The van der Waals surface area contributed by atoms with E-state index in [-0.39, 0.29) is 0 Å². The first-order valence-corrected chi connectivity index (χ1v) is 17.5. The first-order chi connectivity index (χ1) is 22.9. The van der Waals surface area contributed by atoms with E-state index in [1.165, 1.54) is 65.5 Å². The fourth-order valence-electron chi connectivity index (χ4n) is 8.20. The molecule has 2 bridgehead atoms. The molecule has 10 rings (SSSR count). The van der Waals surface area contributed by atoms with E-state index >= 15 is 0 Å². The second kappa shape index (κ2) is 11.0. The van der Waals surface area contributed by atoms with E-state index in [2.05, 4.69) is 123 Å². The van der Waals surface area contributed by atoms with Crippen LogP contribution in [0, 0.1) is 6.92 Å². The SMILES string of the molecule is Brc1cc2c(cc1Br)C1CC2c2c(-c3ccccc3)nc3c(cc4ccc5cccc6ccc3c4c56)c21.Cc1ccccc1B(O)O. The highest BCUT2D eigenvalue weighted by Gasteiger charge is 2.45. The average Bonchev–Trinajstić information content (AvgIpc) is 3.65. The van der Waals surface area contributed by atoms with Gasteiger partial charge in [-0.05, 0) is 118 Å². The summed E-state index contributed by atoms with van der Waals surface area (Å²) in [6.45, 7) is 1.84. The van der Waals surface area contributed by atoms with Gasteiger partial charge in [0.1, 0.15) is 0 Å². The number of nitrogens with zero attached hydrogens (tertiary/aromatic N) is 1. The predicted octanol–water partition coefficient (Wildman–Crippen LogP) is 9.98. The van der Waals surface area contributed by atoms with E-state index in [4.69, 9.17) is 15.0 Å². The zero-order valence-corrected chi connectivity index (χ0v) is 28.7. The normalized spacial score (nSPS) is 16.1. The topological polar surface area (TPSA) is 53.4 Å². The molecule has 226 valence electrons. The van der Waals surface area contributed by atoms with Gasteiger partial charge in [0.05, 0.1) is 11.2 Å². The second-order valence-corrected chi connectivity index (χ2v) is 14.5. The van der Waals surface area contributed by atoms with Gasteiger partial charge in [0.15, 0.2) is 0 Å². The third-order valence-electron chi connectivity index (χ3n) is 10.2. The van der Waals surface area contributed by atoms with Crippen LogP contribution in [0.4, 0.5) is 0 Å². The number of pyridine rings is 1. The summed E-state index contributed by atoms with van der Waals surface area (Å²) in [6, 6.07) is 40.8. The highest BCUT2D eigenvalue weighted by atomic mass is 79.9. The molecule has 2 atom stereocenters. The Morgan fingerprint density at radius 2 is 1.28 bits per heavy atom. The fraction of sp³-hybridized carbons (Fsp3) is 0.0976. The molecular formula is C41H28BBr2NO2. The maximum Gasteiger partial charge on any atom is 0.488 e. The number of hydrogen-bond donors (Lipinski definition) is 2. The molecule has 0 fully saturated rings. The first kappa shape index (κ1) is 29.1. The largest absolute Gasteiger partial charge is 0.488 e. The molecule has 2 unspecified atom stereocenters. The number of rotatable bonds is 2. The molecule has 0 saturated carbocycles. The lowest BCUT2D eigenvalue weighted by Crippen LogP contribution is -2.31. The van der Waals surface area contributed by atoms with Gasteiger partial charge in [-0.3, -0.25) is 0 Å². The number of hydrogen-bond acceptors (Lipinski definition) is 3. The molecule has 0 saturated heterocycles. The van der Waals surface area contributed by atoms with Crippen molar-refractivity contribution >= 4 is 87.7 Å². The predicted molar refractivity (Wildman–Crippen MR) is 202 cm³/mol. The zero-order valence-electron chi connectivity index (χ0n) is 25.5. The van der Waals surface area contributed by atoms with Crippen LogP contribution < -0.4 is 5.46 Å². The Kier molecular flexibility index (Phi) is 6.81. The van der Waals surface area contributed by atoms with Crippen LogP contribution in [0.25, 0.3) is 54.5 Å². The first-order valence-electron chi connectivity index (χ1n) is 15.9. The standard InChI is InChI=1S/C34H19Br2N.C7H9BO2/c35-27-15-22-23(16-28(27)36)25-14-24(22)31-26-13-20-10-9-17-7-4-8-18-11-12-21(30(20)29(17)18)34(26)37-33(32(25)31)19-5-2-1-3-6-19;1-6-4-2-3-5-7(6)8(9)10/h1-13,15-16,24-25H,14H2;2-5,9-10H,1H3. The van der Waals surface area contributed by atoms with Crippen molar-refractivity contribution in [3.63, 3.8) is 0 Å². The Morgan fingerprint density at radius 1 is 0.638 bits per heavy atom. The van der Waals surface area contributed by atoms with Gasteiger partial charge in [0.25, 0.3) is 0 Å². The number of fused-ring (bicyclic) bond motifs is 11. The maximum atomic E-state index is 8.76. The van der Waals surface area contributed by atoms with Crippen molar-refractivity contribution in [1.82, 2.24) is 4.98 Å². The summed E-state index contributed by atoms with van der Waals surface area (Å²) in [5.74, 6) is 0.762. The van der Waals surface area contributed by atoms with Crippen LogP contribution in [0.5, 0.6) is 0 Å². The molecule has 2 aliphatic rings. The van der Waals surface area contributed by atoms with Crippen molar-refractivity contribution in [3.8, 4) is 11.3 Å². The zero-order chi connectivity index (χ0) is 32.0. The smallest absolute Gasteiger partial charge is 0.423 e. The molecule has 1 aromatic heterocycles. The van der Waals surface area contributed by atoms with E-state index in [9.17, 15) is 0 Å². The molecule has 3 nitrogen and oxygen atoms in total. The van der Waals surface area contributed by atoms with Gasteiger partial charge in [-0.15, -0.1) is 0 Å². The van der Waals surface area contributed by atoms with Crippen molar-refractivity contribution in [2.75, 3.05) is 0 Å². The Balaban J connectivity index is 0.000000262. The molecule has 1 heterocycles. The highest BCUT2D eigenvalue weighted by Crippen LogP contribution is 2.61. The highest BCUT2D eigenvalue weighted by molar-refractivity contribution is 9.13. The van der Waals surface area contributed by atoms with Crippen molar-refractivity contribution < 1.29 is 10.0 Å². The van der Waals surface area contributed by atoms with Crippen molar-refractivity contribution in [3.05, 3.63) is 152 Å². The maximum absolute atomic E-state index is 8.76. The number of halogens is 2. The summed E-state index contributed by atoms with van der Waals surface area (Å²) in [4.78, 5) is 5.53. The van der Waals surface area contributed by atoms with Gasteiger partial charge in [-0.25, -0.2) is 4.98 Å². The Hall–Kier alpha value is -4.07. The summed E-state index contributed by atoms with van der Waals surface area (Å²) in [7, 11) is -1.35. The fourth-order valence-corrected chi connectivity index (χ4v) is 8.93. The van der Waals surface area contributed by atoms with E-state index in [1.807, 2.05) is 19.1 Å². The minimum atomic E-state index is -1.35. The Labute approximate surface area is 289 Å². The van der Waals surface area contributed by atoms with Gasteiger partial charge in [0.2, 0.25) is 0 Å². The van der Waals surface area contributed by atoms with Crippen molar-refractivity contribution in [2.24, 2.45) is 0 Å². The van der Waals surface area contributed by atoms with Crippen LogP contribution in [0.15, 0.2) is 124 Å². The van der Waals surface area contributed by atoms with Crippen LogP contribution in [-0.4, -0.2) is 22.2 Å². The third kappa shape index (κ3) is 4.43. The van der Waals surface area contributed by atoms with Gasteiger partial charge in [-0.2, -0.15) is 0 Å².